The zero-order valence-electron chi connectivity index (χ0n) is 13.5. The van der Waals surface area contributed by atoms with Gasteiger partial charge in [0.05, 0.1) is 6.04 Å². The molecule has 2 fully saturated rings. The molecular weight excluding hydrogens is 274 g/mol. The van der Waals surface area contributed by atoms with Crippen molar-refractivity contribution in [2.75, 3.05) is 0 Å². The summed E-state index contributed by atoms with van der Waals surface area (Å²) in [5, 5.41) is 9.41. The molecule has 1 saturated carbocycles. The van der Waals surface area contributed by atoms with E-state index in [1.54, 1.807) is 34.6 Å². The fourth-order valence-corrected chi connectivity index (χ4v) is 3.02. The van der Waals surface area contributed by atoms with Crippen LogP contribution in [0.4, 0.5) is 4.79 Å². The lowest BCUT2D eigenvalue weighted by Crippen LogP contribution is -2.51. The summed E-state index contributed by atoms with van der Waals surface area (Å²) in [5.74, 6) is -0.474. The van der Waals surface area contributed by atoms with Crippen LogP contribution in [0.25, 0.3) is 0 Å². The monoisotopic (exact) mass is 299 g/mol. The minimum absolute atomic E-state index is 0.153. The molecule has 4 atom stereocenters. The Kier molecular flexibility index (Phi) is 3.72. The third-order valence-electron chi connectivity index (χ3n) is 4.05. The molecule has 1 heterocycles. The predicted octanol–water partition coefficient (Wildman–Crippen LogP) is 2.47. The summed E-state index contributed by atoms with van der Waals surface area (Å²) in [5.41, 5.74) is -1.62. The van der Waals surface area contributed by atoms with E-state index in [0.29, 0.717) is 5.92 Å². The second kappa shape index (κ2) is 4.87. The lowest BCUT2D eigenvalue weighted by molar-refractivity contribution is -0.155. The molecule has 0 bridgehead atoms. The minimum Gasteiger partial charge on any atom is -0.479 e. The lowest BCUT2D eigenvalue weighted by Gasteiger charge is -2.35. The zero-order valence-corrected chi connectivity index (χ0v) is 13.5. The molecule has 21 heavy (non-hydrogen) atoms. The fraction of sp³-hybridized carbons (Fsp3) is 0.867. The van der Waals surface area contributed by atoms with Gasteiger partial charge >= 0.3 is 12.1 Å². The molecule has 1 aliphatic heterocycles. The summed E-state index contributed by atoms with van der Waals surface area (Å²) in [4.78, 5) is 25.5. The number of aliphatic carboxylic acids is 1. The van der Waals surface area contributed by atoms with Gasteiger partial charge in [-0.15, -0.1) is 0 Å². The standard InChI is InChI=1S/C15H25NO5/c1-8-7-9(8)10-11(12(17)18)20-15(5,6)16(10)13(19)21-14(2,3)4/h8-11H,7H2,1-6H3,(H,17,18)/t8-,9-,10+,11-/m1/s1. The van der Waals surface area contributed by atoms with Crippen molar-refractivity contribution in [2.24, 2.45) is 11.8 Å². The van der Waals surface area contributed by atoms with Crippen molar-refractivity contribution < 1.29 is 24.2 Å². The third kappa shape index (κ3) is 3.15. The van der Waals surface area contributed by atoms with Crippen molar-refractivity contribution in [2.45, 2.75) is 71.4 Å². The Balaban J connectivity index is 2.30. The summed E-state index contributed by atoms with van der Waals surface area (Å²) in [6, 6.07) is -0.470. The van der Waals surface area contributed by atoms with Gasteiger partial charge in [-0.25, -0.2) is 9.59 Å². The molecule has 1 aliphatic carbocycles. The Hall–Kier alpha value is -1.30. The Morgan fingerprint density at radius 3 is 2.24 bits per heavy atom. The predicted molar refractivity (Wildman–Crippen MR) is 75.7 cm³/mol. The summed E-state index contributed by atoms with van der Waals surface area (Å²) in [7, 11) is 0. The maximum Gasteiger partial charge on any atom is 0.412 e. The number of nitrogens with zero attached hydrogens (tertiary/aromatic N) is 1. The molecule has 2 aliphatic rings. The van der Waals surface area contributed by atoms with E-state index in [0.717, 1.165) is 6.42 Å². The number of ether oxygens (including phenoxy) is 2. The Morgan fingerprint density at radius 1 is 1.33 bits per heavy atom. The second-order valence-corrected chi connectivity index (χ2v) is 7.54. The Bertz CT molecular complexity index is 453. The van der Waals surface area contributed by atoms with Gasteiger partial charge in [0.25, 0.3) is 0 Å². The number of carboxylic acid groups (broad SMARTS) is 1. The van der Waals surface area contributed by atoms with Gasteiger partial charge in [-0.05, 0) is 52.9 Å². The number of hydrogen-bond donors (Lipinski definition) is 1. The quantitative estimate of drug-likeness (QED) is 0.847. The average molecular weight is 299 g/mol. The topological polar surface area (TPSA) is 76.1 Å². The van der Waals surface area contributed by atoms with Crippen molar-refractivity contribution >= 4 is 12.1 Å². The molecule has 1 saturated heterocycles. The van der Waals surface area contributed by atoms with Crippen molar-refractivity contribution in [3.05, 3.63) is 0 Å². The number of carbonyl (C=O) groups excluding carboxylic acids is 1. The molecule has 0 aromatic heterocycles. The highest BCUT2D eigenvalue weighted by Gasteiger charge is 2.60. The molecular formula is C15H25NO5. The molecule has 0 aromatic rings. The van der Waals surface area contributed by atoms with Gasteiger partial charge in [-0.3, -0.25) is 4.90 Å². The molecule has 2 rings (SSSR count). The van der Waals surface area contributed by atoms with Crippen LogP contribution in [0.1, 0.15) is 48.0 Å². The van der Waals surface area contributed by atoms with Crippen LogP contribution in [0.15, 0.2) is 0 Å². The normalized spacial score (nSPS) is 34.7. The average Bonchev–Trinajstić information content (AvgIpc) is 2.88. The molecule has 0 aromatic carbocycles. The van der Waals surface area contributed by atoms with Crippen LogP contribution in [-0.2, 0) is 14.3 Å². The van der Waals surface area contributed by atoms with Crippen molar-refractivity contribution in [3.8, 4) is 0 Å². The maximum atomic E-state index is 12.5. The van der Waals surface area contributed by atoms with Crippen LogP contribution in [0.2, 0.25) is 0 Å². The van der Waals surface area contributed by atoms with E-state index < -0.39 is 35.5 Å². The summed E-state index contributed by atoms with van der Waals surface area (Å²) >= 11 is 0. The number of rotatable bonds is 2. The summed E-state index contributed by atoms with van der Waals surface area (Å²) < 4.78 is 11.1. The van der Waals surface area contributed by atoms with Gasteiger partial charge < -0.3 is 14.6 Å². The van der Waals surface area contributed by atoms with Crippen LogP contribution < -0.4 is 0 Å². The van der Waals surface area contributed by atoms with E-state index in [1.165, 1.54) is 4.90 Å². The SMILES string of the molecule is C[C@@H]1C[C@H]1[C@H]1[C@H](C(=O)O)OC(C)(C)N1C(=O)OC(C)(C)C. The van der Waals surface area contributed by atoms with Gasteiger partial charge in [0.1, 0.15) is 11.3 Å². The Labute approximate surface area is 125 Å². The third-order valence-corrected chi connectivity index (χ3v) is 4.05. The lowest BCUT2D eigenvalue weighted by atomic mass is 10.0. The Morgan fingerprint density at radius 2 is 1.86 bits per heavy atom. The van der Waals surface area contributed by atoms with Crippen molar-refractivity contribution in [1.82, 2.24) is 4.90 Å². The van der Waals surface area contributed by atoms with Crippen LogP contribution in [0.3, 0.4) is 0 Å². The van der Waals surface area contributed by atoms with E-state index in [2.05, 4.69) is 6.92 Å². The largest absolute Gasteiger partial charge is 0.479 e. The molecule has 120 valence electrons. The molecule has 0 unspecified atom stereocenters. The van der Waals surface area contributed by atoms with Crippen LogP contribution in [0.5, 0.6) is 0 Å². The summed E-state index contributed by atoms with van der Waals surface area (Å²) in [6.45, 7) is 10.8. The van der Waals surface area contributed by atoms with Gasteiger partial charge in [-0.1, -0.05) is 6.92 Å². The number of amides is 1. The van der Waals surface area contributed by atoms with Gasteiger partial charge in [-0.2, -0.15) is 0 Å². The molecule has 0 spiro atoms. The maximum absolute atomic E-state index is 12.5. The molecule has 6 nitrogen and oxygen atoms in total. The van der Waals surface area contributed by atoms with Crippen molar-refractivity contribution in [1.29, 1.82) is 0 Å². The smallest absolute Gasteiger partial charge is 0.412 e. The van der Waals surface area contributed by atoms with E-state index in [4.69, 9.17) is 9.47 Å². The molecule has 1 N–H and O–H groups in total. The van der Waals surface area contributed by atoms with E-state index in [9.17, 15) is 14.7 Å². The molecule has 0 radical (unpaired) electrons. The fourth-order valence-electron chi connectivity index (χ4n) is 3.02. The highest BCUT2D eigenvalue weighted by atomic mass is 16.6. The number of hydrogen-bond acceptors (Lipinski definition) is 4. The van der Waals surface area contributed by atoms with Crippen molar-refractivity contribution in [3.63, 3.8) is 0 Å². The second-order valence-electron chi connectivity index (χ2n) is 7.54. The highest BCUT2D eigenvalue weighted by Crippen LogP contribution is 2.49. The zero-order chi connectivity index (χ0) is 16.2. The van der Waals surface area contributed by atoms with E-state index >= 15 is 0 Å². The van der Waals surface area contributed by atoms with E-state index in [1.807, 2.05) is 0 Å². The van der Waals surface area contributed by atoms with E-state index in [-0.39, 0.29) is 5.92 Å². The molecule has 6 heteroatoms. The van der Waals surface area contributed by atoms with Crippen LogP contribution in [-0.4, -0.2) is 45.5 Å². The number of carbonyl (C=O) groups is 2. The first-order chi connectivity index (χ1) is 9.44. The van der Waals surface area contributed by atoms with Crippen LogP contribution >= 0.6 is 0 Å². The number of carboxylic acids is 1. The van der Waals surface area contributed by atoms with Gasteiger partial charge in [0.2, 0.25) is 0 Å². The van der Waals surface area contributed by atoms with Gasteiger partial charge in [0.15, 0.2) is 6.10 Å². The summed E-state index contributed by atoms with van der Waals surface area (Å²) in [6.07, 6.45) is -0.601. The first kappa shape index (κ1) is 16.1. The van der Waals surface area contributed by atoms with Gasteiger partial charge in [0, 0.05) is 0 Å². The first-order valence-corrected chi connectivity index (χ1v) is 7.37. The van der Waals surface area contributed by atoms with Crippen LogP contribution in [0, 0.1) is 11.8 Å². The molecule has 1 amide bonds. The first-order valence-electron chi connectivity index (χ1n) is 7.37. The highest BCUT2D eigenvalue weighted by molar-refractivity contribution is 5.77. The minimum atomic E-state index is -1.03.